The van der Waals surface area contributed by atoms with Gasteiger partial charge in [0.1, 0.15) is 11.8 Å². The lowest BCUT2D eigenvalue weighted by Crippen LogP contribution is -2.32. The summed E-state index contributed by atoms with van der Waals surface area (Å²) in [5.41, 5.74) is 6.58. The summed E-state index contributed by atoms with van der Waals surface area (Å²) in [6.07, 6.45) is 4.58. The van der Waals surface area contributed by atoms with Gasteiger partial charge in [-0.15, -0.1) is 0 Å². The number of carbonyl (C=O) groups is 2. The molecule has 1 aromatic carbocycles. The van der Waals surface area contributed by atoms with Crippen molar-refractivity contribution in [1.82, 2.24) is 0 Å². The molecule has 0 aliphatic rings. The second-order valence-corrected chi connectivity index (χ2v) is 4.52. The third-order valence-corrected chi connectivity index (χ3v) is 2.98. The number of nitrogens with two attached hydrogens (primary N) is 1. The minimum absolute atomic E-state index is 0.103. The monoisotopic (exact) mass is 285 g/mol. The normalized spacial score (nSPS) is 12.4. The van der Waals surface area contributed by atoms with Crippen molar-refractivity contribution in [2.24, 2.45) is 5.73 Å². The van der Waals surface area contributed by atoms with Gasteiger partial charge in [0.05, 0.1) is 6.26 Å². The van der Waals surface area contributed by atoms with Crippen molar-refractivity contribution in [3.05, 3.63) is 65.6 Å². The van der Waals surface area contributed by atoms with Crippen LogP contribution in [-0.4, -0.2) is 22.9 Å². The molecule has 0 unspecified atom stereocenters. The van der Waals surface area contributed by atoms with Crippen LogP contribution in [-0.2, 0) is 11.2 Å². The molecule has 1 aromatic heterocycles. The number of hydrogen-bond donors (Lipinski definition) is 2. The van der Waals surface area contributed by atoms with Crippen molar-refractivity contribution in [3.8, 4) is 0 Å². The molecule has 0 radical (unpaired) electrons. The molecule has 0 fully saturated rings. The predicted octanol–water partition coefficient (Wildman–Crippen LogP) is 2.13. The maximum absolute atomic E-state index is 12.2. The molecule has 108 valence electrons. The van der Waals surface area contributed by atoms with E-state index in [-0.39, 0.29) is 12.2 Å². The van der Waals surface area contributed by atoms with Gasteiger partial charge < -0.3 is 15.3 Å². The van der Waals surface area contributed by atoms with Crippen LogP contribution in [0.15, 0.2) is 53.2 Å². The third kappa shape index (κ3) is 3.90. The largest absolute Gasteiger partial charge is 0.480 e. The van der Waals surface area contributed by atoms with Gasteiger partial charge in [0.2, 0.25) is 0 Å². The van der Waals surface area contributed by atoms with E-state index in [2.05, 4.69) is 0 Å². The first-order valence-corrected chi connectivity index (χ1v) is 6.40. The standard InChI is InChI=1S/C16H15NO4/c17-14(16(19)20)10-11-4-1-2-6-13(11)15(18)8-7-12-5-3-9-21-12/h1-9,14H,10,17H2,(H,19,20)/t14-/m0/s1. The highest BCUT2D eigenvalue weighted by atomic mass is 16.4. The number of ketones is 1. The molecule has 2 aromatic rings. The van der Waals surface area contributed by atoms with Crippen LogP contribution in [0.5, 0.6) is 0 Å². The molecule has 5 nitrogen and oxygen atoms in total. The average molecular weight is 285 g/mol. The highest BCUT2D eigenvalue weighted by Gasteiger charge is 2.16. The number of aliphatic carboxylic acids is 1. The van der Waals surface area contributed by atoms with E-state index in [9.17, 15) is 9.59 Å². The minimum Gasteiger partial charge on any atom is -0.480 e. The Labute approximate surface area is 121 Å². The first-order chi connectivity index (χ1) is 10.1. The number of allylic oxidation sites excluding steroid dienone is 1. The average Bonchev–Trinajstić information content (AvgIpc) is 2.98. The third-order valence-electron chi connectivity index (χ3n) is 2.98. The Balaban J connectivity index is 2.19. The van der Waals surface area contributed by atoms with E-state index in [1.54, 1.807) is 42.5 Å². The van der Waals surface area contributed by atoms with Crippen molar-refractivity contribution in [2.75, 3.05) is 0 Å². The number of rotatable bonds is 6. The van der Waals surface area contributed by atoms with Crippen molar-refractivity contribution in [3.63, 3.8) is 0 Å². The lowest BCUT2D eigenvalue weighted by molar-refractivity contribution is -0.138. The first-order valence-electron chi connectivity index (χ1n) is 6.40. The maximum atomic E-state index is 12.2. The number of furan rings is 1. The molecule has 21 heavy (non-hydrogen) atoms. The summed E-state index contributed by atoms with van der Waals surface area (Å²) in [6.45, 7) is 0. The number of carboxylic acid groups (broad SMARTS) is 1. The molecular formula is C16H15NO4. The fourth-order valence-electron chi connectivity index (χ4n) is 1.90. The smallest absolute Gasteiger partial charge is 0.320 e. The molecule has 0 aliphatic carbocycles. The van der Waals surface area contributed by atoms with Gasteiger partial charge in [0.25, 0.3) is 0 Å². The number of carboxylic acids is 1. The highest BCUT2D eigenvalue weighted by molar-refractivity contribution is 6.07. The van der Waals surface area contributed by atoms with Crippen LogP contribution in [0.3, 0.4) is 0 Å². The summed E-state index contributed by atoms with van der Waals surface area (Å²) >= 11 is 0. The Morgan fingerprint density at radius 1 is 1.24 bits per heavy atom. The van der Waals surface area contributed by atoms with Gasteiger partial charge in [-0.1, -0.05) is 24.3 Å². The first kappa shape index (κ1) is 14.7. The fourth-order valence-corrected chi connectivity index (χ4v) is 1.90. The zero-order chi connectivity index (χ0) is 15.2. The molecule has 3 N–H and O–H groups in total. The molecule has 0 saturated carbocycles. The maximum Gasteiger partial charge on any atom is 0.320 e. The Bertz CT molecular complexity index is 659. The van der Waals surface area contributed by atoms with Crippen LogP contribution in [0.4, 0.5) is 0 Å². The summed E-state index contributed by atoms with van der Waals surface area (Å²) in [7, 11) is 0. The van der Waals surface area contributed by atoms with Crippen LogP contribution in [0.1, 0.15) is 21.7 Å². The van der Waals surface area contributed by atoms with E-state index in [0.717, 1.165) is 0 Å². The zero-order valence-corrected chi connectivity index (χ0v) is 11.2. The molecule has 0 spiro atoms. The molecule has 5 heteroatoms. The van der Waals surface area contributed by atoms with Gasteiger partial charge in [-0.25, -0.2) is 0 Å². The number of carbonyl (C=O) groups excluding carboxylic acids is 1. The van der Waals surface area contributed by atoms with Gasteiger partial charge >= 0.3 is 5.97 Å². The minimum atomic E-state index is -1.09. The van der Waals surface area contributed by atoms with Gasteiger partial charge in [-0.2, -0.15) is 0 Å². The van der Waals surface area contributed by atoms with Gasteiger partial charge in [-0.3, -0.25) is 9.59 Å². The summed E-state index contributed by atoms with van der Waals surface area (Å²) in [5.74, 6) is -0.744. The lowest BCUT2D eigenvalue weighted by Gasteiger charge is -2.09. The van der Waals surface area contributed by atoms with E-state index in [0.29, 0.717) is 16.9 Å². The number of benzene rings is 1. The molecule has 0 bridgehead atoms. The van der Waals surface area contributed by atoms with Gasteiger partial charge in [0.15, 0.2) is 5.78 Å². The SMILES string of the molecule is N[C@@H](Cc1ccccc1C(=O)C=Cc1ccco1)C(=O)O. The molecule has 0 saturated heterocycles. The number of hydrogen-bond acceptors (Lipinski definition) is 4. The van der Waals surface area contributed by atoms with Gasteiger partial charge in [0, 0.05) is 5.56 Å². The molecule has 0 amide bonds. The molecule has 0 aliphatic heterocycles. The topological polar surface area (TPSA) is 93.5 Å². The van der Waals surface area contributed by atoms with Crippen molar-refractivity contribution in [2.45, 2.75) is 12.5 Å². The quantitative estimate of drug-likeness (QED) is 0.626. The second kappa shape index (κ2) is 6.67. The molecular weight excluding hydrogens is 270 g/mol. The predicted molar refractivity (Wildman–Crippen MR) is 77.8 cm³/mol. The van der Waals surface area contributed by atoms with E-state index in [1.165, 1.54) is 12.3 Å². The van der Waals surface area contributed by atoms with E-state index < -0.39 is 12.0 Å². The molecule has 1 heterocycles. The van der Waals surface area contributed by atoms with Crippen molar-refractivity contribution in [1.29, 1.82) is 0 Å². The van der Waals surface area contributed by atoms with Crippen LogP contribution < -0.4 is 5.73 Å². The Morgan fingerprint density at radius 2 is 2.00 bits per heavy atom. The Hall–Kier alpha value is -2.66. The molecule has 1 atom stereocenters. The van der Waals surface area contributed by atoms with E-state index in [1.807, 2.05) is 0 Å². The molecule has 2 rings (SSSR count). The highest BCUT2D eigenvalue weighted by Crippen LogP contribution is 2.13. The zero-order valence-electron chi connectivity index (χ0n) is 11.2. The van der Waals surface area contributed by atoms with Crippen molar-refractivity contribution >= 4 is 17.8 Å². The summed E-state index contributed by atoms with van der Waals surface area (Å²) in [6, 6.07) is 9.25. The second-order valence-electron chi connectivity index (χ2n) is 4.52. The fraction of sp³-hybridized carbons (Fsp3) is 0.125. The lowest BCUT2D eigenvalue weighted by atomic mass is 9.97. The van der Waals surface area contributed by atoms with Crippen molar-refractivity contribution < 1.29 is 19.1 Å². The summed E-state index contributed by atoms with van der Waals surface area (Å²) < 4.78 is 5.11. The van der Waals surface area contributed by atoms with E-state index >= 15 is 0 Å². The Morgan fingerprint density at radius 3 is 2.67 bits per heavy atom. The van der Waals surface area contributed by atoms with E-state index in [4.69, 9.17) is 15.3 Å². The summed E-state index contributed by atoms with van der Waals surface area (Å²) in [4.78, 5) is 23.0. The Kier molecular flexibility index (Phi) is 4.68. The van der Waals surface area contributed by atoms with Crippen LogP contribution in [0.25, 0.3) is 6.08 Å². The van der Waals surface area contributed by atoms with Crippen LogP contribution >= 0.6 is 0 Å². The van der Waals surface area contributed by atoms with Gasteiger partial charge in [-0.05, 0) is 36.3 Å². The van der Waals surface area contributed by atoms with Crippen LogP contribution in [0.2, 0.25) is 0 Å². The van der Waals surface area contributed by atoms with Crippen LogP contribution in [0, 0.1) is 0 Å². The summed E-state index contributed by atoms with van der Waals surface area (Å²) in [5, 5.41) is 8.86.